The minimum absolute atomic E-state index is 0.409. The second-order valence-electron chi connectivity index (χ2n) is 5.24. The minimum Gasteiger partial charge on any atom is -0.316 e. The first-order valence-electron chi connectivity index (χ1n) is 6.06. The Kier molecular flexibility index (Phi) is 2.76. The summed E-state index contributed by atoms with van der Waals surface area (Å²) < 4.78 is 14.2. The zero-order valence-electron chi connectivity index (χ0n) is 9.56. The normalized spacial score (nSPS) is 49.4. The molecule has 2 aliphatic carbocycles. The highest BCUT2D eigenvalue weighted by molar-refractivity contribution is 7.44. The lowest BCUT2D eigenvalue weighted by atomic mass is 9.81. The van der Waals surface area contributed by atoms with Crippen molar-refractivity contribution >= 4 is 8.53 Å². The van der Waals surface area contributed by atoms with Gasteiger partial charge in [-0.15, -0.1) is 0 Å². The summed E-state index contributed by atoms with van der Waals surface area (Å²) in [5, 5.41) is 0. The van der Waals surface area contributed by atoms with E-state index in [1.807, 2.05) is 14.1 Å². The van der Waals surface area contributed by atoms with Crippen molar-refractivity contribution in [3.05, 3.63) is 0 Å². The zero-order chi connectivity index (χ0) is 10.4. The van der Waals surface area contributed by atoms with Gasteiger partial charge in [-0.3, -0.25) is 0 Å². The van der Waals surface area contributed by atoms with Crippen molar-refractivity contribution in [2.45, 2.75) is 44.3 Å². The van der Waals surface area contributed by atoms with E-state index in [-0.39, 0.29) is 0 Å². The SMILES string of the molecule is CN(C)P1O[C@@H]2CC3CCCCC3[C@@H]2O1. The standard InChI is InChI=1S/C11H20NO2P/c1-12(2)15-13-10-7-8-5-3-4-6-9(8)11(10)14-15/h8-11H,3-7H2,1-2H3/t8?,9?,10-,11+,15?/m1/s1. The molecule has 2 saturated carbocycles. The molecule has 0 spiro atoms. The summed E-state index contributed by atoms with van der Waals surface area (Å²) in [4.78, 5) is 0. The Hall–Kier alpha value is 0.310. The summed E-state index contributed by atoms with van der Waals surface area (Å²) in [5.41, 5.74) is 0. The van der Waals surface area contributed by atoms with Gasteiger partial charge < -0.3 is 9.05 Å². The fourth-order valence-corrected chi connectivity index (χ4v) is 4.72. The molecule has 0 amide bonds. The number of hydrogen-bond donors (Lipinski definition) is 0. The maximum atomic E-state index is 6.08. The van der Waals surface area contributed by atoms with Crippen molar-refractivity contribution in [2.24, 2.45) is 11.8 Å². The minimum atomic E-state index is -0.736. The highest BCUT2D eigenvalue weighted by Gasteiger charge is 2.51. The van der Waals surface area contributed by atoms with Crippen LogP contribution in [0.15, 0.2) is 0 Å². The van der Waals surface area contributed by atoms with Crippen molar-refractivity contribution in [2.75, 3.05) is 14.1 Å². The molecule has 3 aliphatic rings. The number of nitrogens with zero attached hydrogens (tertiary/aromatic N) is 1. The molecular weight excluding hydrogens is 209 g/mol. The fourth-order valence-electron chi connectivity index (χ4n) is 3.35. The molecule has 3 fully saturated rings. The van der Waals surface area contributed by atoms with Crippen LogP contribution in [-0.2, 0) is 9.05 Å². The Morgan fingerprint density at radius 2 is 1.93 bits per heavy atom. The Morgan fingerprint density at radius 3 is 2.73 bits per heavy atom. The van der Waals surface area contributed by atoms with E-state index < -0.39 is 8.53 Å². The van der Waals surface area contributed by atoms with Crippen LogP contribution in [-0.4, -0.2) is 31.0 Å². The molecule has 0 aromatic heterocycles. The summed E-state index contributed by atoms with van der Waals surface area (Å²) in [6.07, 6.45) is 7.67. The molecule has 0 N–H and O–H groups in total. The van der Waals surface area contributed by atoms with Gasteiger partial charge in [-0.1, -0.05) is 12.8 Å². The lowest BCUT2D eigenvalue weighted by molar-refractivity contribution is 0.123. The molecule has 86 valence electrons. The monoisotopic (exact) mass is 229 g/mol. The van der Waals surface area contributed by atoms with Crippen LogP contribution in [0.25, 0.3) is 0 Å². The van der Waals surface area contributed by atoms with Gasteiger partial charge in [0, 0.05) is 0 Å². The molecule has 0 radical (unpaired) electrons. The van der Waals surface area contributed by atoms with Crippen molar-refractivity contribution in [3.63, 3.8) is 0 Å². The summed E-state index contributed by atoms with van der Waals surface area (Å²) in [6, 6.07) is 0. The van der Waals surface area contributed by atoms with E-state index in [1.165, 1.54) is 32.1 Å². The van der Waals surface area contributed by atoms with Gasteiger partial charge in [0.05, 0.1) is 12.2 Å². The highest BCUT2D eigenvalue weighted by atomic mass is 31.2. The van der Waals surface area contributed by atoms with E-state index in [4.69, 9.17) is 9.05 Å². The topological polar surface area (TPSA) is 21.7 Å². The molecule has 3 unspecified atom stereocenters. The van der Waals surface area contributed by atoms with E-state index >= 15 is 0 Å². The van der Waals surface area contributed by atoms with Crippen LogP contribution in [0.2, 0.25) is 0 Å². The molecule has 3 nitrogen and oxygen atoms in total. The van der Waals surface area contributed by atoms with Gasteiger partial charge in [-0.25, -0.2) is 4.67 Å². The molecule has 3 rings (SSSR count). The highest BCUT2D eigenvalue weighted by Crippen LogP contribution is 2.59. The van der Waals surface area contributed by atoms with E-state index in [9.17, 15) is 0 Å². The molecule has 5 atom stereocenters. The van der Waals surface area contributed by atoms with Crippen molar-refractivity contribution in [1.29, 1.82) is 0 Å². The van der Waals surface area contributed by atoms with Crippen LogP contribution in [0, 0.1) is 11.8 Å². The van der Waals surface area contributed by atoms with Gasteiger partial charge in [-0.05, 0) is 45.2 Å². The fraction of sp³-hybridized carbons (Fsp3) is 1.00. The van der Waals surface area contributed by atoms with Crippen molar-refractivity contribution < 1.29 is 9.05 Å². The van der Waals surface area contributed by atoms with Gasteiger partial charge in [0.25, 0.3) is 8.53 Å². The molecule has 0 aromatic rings. The Labute approximate surface area is 93.1 Å². The molecule has 1 heterocycles. The number of rotatable bonds is 1. The quantitative estimate of drug-likeness (QED) is 0.645. The molecule has 4 heteroatoms. The first-order chi connectivity index (χ1) is 7.25. The Balaban J connectivity index is 1.70. The van der Waals surface area contributed by atoms with Gasteiger partial charge in [0.1, 0.15) is 0 Å². The molecule has 0 aromatic carbocycles. The van der Waals surface area contributed by atoms with E-state index in [1.54, 1.807) is 0 Å². The number of hydrogen-bond acceptors (Lipinski definition) is 3. The maximum Gasteiger partial charge on any atom is 0.258 e. The maximum absolute atomic E-state index is 6.08. The first-order valence-corrected chi connectivity index (χ1v) is 7.19. The van der Waals surface area contributed by atoms with Crippen LogP contribution < -0.4 is 0 Å². The number of fused-ring (bicyclic) bond motifs is 3. The second kappa shape index (κ2) is 3.96. The predicted octanol–water partition coefficient (Wildman–Crippen LogP) is 2.77. The molecule has 1 saturated heterocycles. The van der Waals surface area contributed by atoms with Crippen LogP contribution in [0.4, 0.5) is 0 Å². The van der Waals surface area contributed by atoms with Gasteiger partial charge in [0.2, 0.25) is 0 Å². The van der Waals surface area contributed by atoms with E-state index in [0.717, 1.165) is 11.8 Å². The van der Waals surface area contributed by atoms with Crippen LogP contribution in [0.5, 0.6) is 0 Å². The molecule has 15 heavy (non-hydrogen) atoms. The van der Waals surface area contributed by atoms with Gasteiger partial charge >= 0.3 is 0 Å². The third-order valence-corrected chi connectivity index (χ3v) is 5.58. The van der Waals surface area contributed by atoms with Crippen molar-refractivity contribution in [1.82, 2.24) is 4.67 Å². The third kappa shape index (κ3) is 1.74. The summed E-state index contributed by atoms with van der Waals surface area (Å²) in [6.45, 7) is 0. The Morgan fingerprint density at radius 1 is 1.13 bits per heavy atom. The third-order valence-electron chi connectivity index (χ3n) is 4.06. The smallest absolute Gasteiger partial charge is 0.258 e. The van der Waals surface area contributed by atoms with Gasteiger partial charge in [-0.2, -0.15) is 0 Å². The average Bonchev–Trinajstić information content (AvgIpc) is 2.73. The summed E-state index contributed by atoms with van der Waals surface area (Å²) >= 11 is 0. The van der Waals surface area contributed by atoms with Gasteiger partial charge in [0.15, 0.2) is 0 Å². The van der Waals surface area contributed by atoms with Crippen molar-refractivity contribution in [3.8, 4) is 0 Å². The lowest BCUT2D eigenvalue weighted by Crippen LogP contribution is -2.25. The molecule has 0 bridgehead atoms. The zero-order valence-corrected chi connectivity index (χ0v) is 10.5. The summed E-state index contributed by atoms with van der Waals surface area (Å²) in [7, 11) is 3.36. The van der Waals surface area contributed by atoms with Crippen LogP contribution in [0.1, 0.15) is 32.1 Å². The first kappa shape index (κ1) is 10.5. The van der Waals surface area contributed by atoms with Crippen LogP contribution >= 0.6 is 8.53 Å². The largest absolute Gasteiger partial charge is 0.316 e. The molecular formula is C11H20NO2P. The molecule has 1 aliphatic heterocycles. The van der Waals surface area contributed by atoms with E-state index in [2.05, 4.69) is 4.67 Å². The lowest BCUT2D eigenvalue weighted by Gasteiger charge is -2.28. The predicted molar refractivity (Wildman–Crippen MR) is 60.4 cm³/mol. The average molecular weight is 229 g/mol. The van der Waals surface area contributed by atoms with Crippen LogP contribution in [0.3, 0.4) is 0 Å². The van der Waals surface area contributed by atoms with E-state index in [0.29, 0.717) is 12.2 Å². The summed E-state index contributed by atoms with van der Waals surface area (Å²) in [5.74, 6) is 1.70. The Bertz CT molecular complexity index is 247. The second-order valence-corrected chi connectivity index (χ2v) is 6.94.